The lowest BCUT2D eigenvalue weighted by atomic mass is 10.1. The molecule has 4 nitrogen and oxygen atoms in total. The molecule has 20 heavy (non-hydrogen) atoms. The number of hydrogen-bond acceptors (Lipinski definition) is 3. The number of hydrogen-bond donors (Lipinski definition) is 1. The van der Waals surface area contributed by atoms with Crippen LogP contribution in [0.2, 0.25) is 0 Å². The maximum atomic E-state index is 11.9. The largest absolute Gasteiger partial charge is 0.508 e. The van der Waals surface area contributed by atoms with Crippen LogP contribution in [-0.4, -0.2) is 28.2 Å². The van der Waals surface area contributed by atoms with Gasteiger partial charge in [0.05, 0.1) is 6.10 Å². The van der Waals surface area contributed by atoms with E-state index < -0.39 is 0 Å². The van der Waals surface area contributed by atoms with E-state index in [0.29, 0.717) is 5.56 Å². The Morgan fingerprint density at radius 2 is 2.30 bits per heavy atom. The van der Waals surface area contributed by atoms with E-state index in [1.54, 1.807) is 19.1 Å². The van der Waals surface area contributed by atoms with Crippen molar-refractivity contribution >= 4 is 16.7 Å². The topological polar surface area (TPSA) is 51.5 Å². The van der Waals surface area contributed by atoms with Crippen LogP contribution in [0.5, 0.6) is 5.75 Å². The molecule has 4 heteroatoms. The van der Waals surface area contributed by atoms with Gasteiger partial charge in [-0.15, -0.1) is 0 Å². The van der Waals surface area contributed by atoms with E-state index in [1.807, 2.05) is 13.0 Å². The molecule has 1 fully saturated rings. The summed E-state index contributed by atoms with van der Waals surface area (Å²) >= 11 is 0. The molecule has 1 aromatic heterocycles. The minimum atomic E-state index is 0.0317. The van der Waals surface area contributed by atoms with Gasteiger partial charge in [0.2, 0.25) is 0 Å². The summed E-state index contributed by atoms with van der Waals surface area (Å²) in [5.74, 6) is 0.221. The van der Waals surface area contributed by atoms with Gasteiger partial charge in [0.15, 0.2) is 5.78 Å². The lowest BCUT2D eigenvalue weighted by molar-refractivity contribution is 0.0968. The fraction of sp³-hybridized carbons (Fsp3) is 0.438. The number of ether oxygens (including phenoxy) is 1. The van der Waals surface area contributed by atoms with Gasteiger partial charge >= 0.3 is 0 Å². The first-order valence-electron chi connectivity index (χ1n) is 7.02. The minimum Gasteiger partial charge on any atom is -0.508 e. The van der Waals surface area contributed by atoms with Gasteiger partial charge in [-0.3, -0.25) is 4.79 Å². The quantitative estimate of drug-likeness (QED) is 0.874. The second-order valence-electron chi connectivity index (χ2n) is 5.46. The Kier molecular flexibility index (Phi) is 3.26. The van der Waals surface area contributed by atoms with Gasteiger partial charge in [0, 0.05) is 35.3 Å². The van der Waals surface area contributed by atoms with Crippen molar-refractivity contribution < 1.29 is 14.6 Å². The Labute approximate surface area is 118 Å². The molecule has 0 spiro atoms. The van der Waals surface area contributed by atoms with Crippen molar-refractivity contribution in [2.75, 3.05) is 6.61 Å². The highest BCUT2D eigenvalue weighted by molar-refractivity contribution is 6.08. The molecule has 0 aliphatic carbocycles. The van der Waals surface area contributed by atoms with Crippen molar-refractivity contribution in [3.8, 4) is 5.75 Å². The Bertz CT molecular complexity index is 666. The van der Waals surface area contributed by atoms with Crippen molar-refractivity contribution in [1.82, 2.24) is 4.57 Å². The average Bonchev–Trinajstić information content (AvgIpc) is 2.97. The van der Waals surface area contributed by atoms with Gasteiger partial charge in [-0.05, 0) is 44.9 Å². The van der Waals surface area contributed by atoms with Crippen LogP contribution in [0.3, 0.4) is 0 Å². The summed E-state index contributed by atoms with van der Waals surface area (Å²) in [4.78, 5) is 11.9. The fourth-order valence-corrected chi connectivity index (χ4v) is 3.14. The summed E-state index contributed by atoms with van der Waals surface area (Å²) in [6.07, 6.45) is 2.38. The third-order valence-corrected chi connectivity index (χ3v) is 4.07. The zero-order valence-electron chi connectivity index (χ0n) is 11.8. The van der Waals surface area contributed by atoms with Crippen molar-refractivity contribution in [2.45, 2.75) is 39.3 Å². The average molecular weight is 273 g/mol. The number of Topliss-reactive ketones (excluding diaryl/α,β-unsaturated/α-hetero) is 1. The number of phenolic OH excluding ortho intramolecular Hbond substituents is 1. The standard InChI is InChI=1S/C16H19NO3/c1-10-16(11(2)18)14-8-12(19)5-6-15(14)17(10)9-13-4-3-7-20-13/h5-6,8,13,19H,3-4,7,9H2,1-2H3/t13-/m1/s1. The van der Waals surface area contributed by atoms with Gasteiger partial charge < -0.3 is 14.4 Å². The maximum Gasteiger partial charge on any atom is 0.162 e. The number of carbonyl (C=O) groups excluding carboxylic acids is 1. The summed E-state index contributed by atoms with van der Waals surface area (Å²) in [5.41, 5.74) is 2.64. The lowest BCUT2D eigenvalue weighted by Crippen LogP contribution is -2.16. The van der Waals surface area contributed by atoms with Crippen molar-refractivity contribution in [3.05, 3.63) is 29.5 Å². The van der Waals surface area contributed by atoms with Crippen LogP contribution < -0.4 is 0 Å². The number of fused-ring (bicyclic) bond motifs is 1. The van der Waals surface area contributed by atoms with Crippen LogP contribution >= 0.6 is 0 Å². The molecule has 106 valence electrons. The summed E-state index contributed by atoms with van der Waals surface area (Å²) in [5, 5.41) is 10.5. The number of rotatable bonds is 3. The van der Waals surface area contributed by atoms with Crippen LogP contribution in [0.25, 0.3) is 10.9 Å². The molecule has 1 aliphatic rings. The maximum absolute atomic E-state index is 11.9. The van der Waals surface area contributed by atoms with E-state index in [0.717, 1.165) is 42.6 Å². The first-order chi connectivity index (χ1) is 9.58. The summed E-state index contributed by atoms with van der Waals surface area (Å²) in [6, 6.07) is 5.21. The van der Waals surface area contributed by atoms with Gasteiger partial charge in [0.1, 0.15) is 5.75 Å². The number of nitrogens with zero attached hydrogens (tertiary/aromatic N) is 1. The predicted molar refractivity (Wildman–Crippen MR) is 77.3 cm³/mol. The van der Waals surface area contributed by atoms with Gasteiger partial charge in [-0.1, -0.05) is 0 Å². The molecule has 0 saturated carbocycles. The Morgan fingerprint density at radius 1 is 1.50 bits per heavy atom. The fourth-order valence-electron chi connectivity index (χ4n) is 3.14. The number of phenols is 1. The number of benzene rings is 1. The smallest absolute Gasteiger partial charge is 0.162 e. The molecule has 2 aromatic rings. The summed E-state index contributed by atoms with van der Waals surface area (Å²) < 4.78 is 7.84. The Morgan fingerprint density at radius 3 is 2.95 bits per heavy atom. The number of ketones is 1. The Hall–Kier alpha value is -1.81. The van der Waals surface area contributed by atoms with E-state index in [4.69, 9.17) is 4.74 Å². The highest BCUT2D eigenvalue weighted by Gasteiger charge is 2.22. The molecule has 0 radical (unpaired) electrons. The van der Waals surface area contributed by atoms with Crippen LogP contribution in [0.1, 0.15) is 35.8 Å². The first-order valence-corrected chi connectivity index (χ1v) is 7.02. The third-order valence-electron chi connectivity index (χ3n) is 4.07. The zero-order valence-corrected chi connectivity index (χ0v) is 11.8. The van der Waals surface area contributed by atoms with Crippen molar-refractivity contribution in [1.29, 1.82) is 0 Å². The molecule has 0 bridgehead atoms. The van der Waals surface area contributed by atoms with Crippen molar-refractivity contribution in [2.24, 2.45) is 0 Å². The lowest BCUT2D eigenvalue weighted by Gasteiger charge is -2.14. The third kappa shape index (κ3) is 2.10. The minimum absolute atomic E-state index is 0.0317. The van der Waals surface area contributed by atoms with Crippen LogP contribution in [0, 0.1) is 6.92 Å². The molecule has 0 amide bonds. The normalized spacial score (nSPS) is 18.8. The molecular formula is C16H19NO3. The summed E-state index contributed by atoms with van der Waals surface area (Å²) in [6.45, 7) is 5.12. The predicted octanol–water partition coefficient (Wildman–Crippen LogP) is 3.04. The number of aromatic nitrogens is 1. The van der Waals surface area contributed by atoms with Crippen LogP contribution in [0.4, 0.5) is 0 Å². The molecule has 2 heterocycles. The van der Waals surface area contributed by atoms with Crippen LogP contribution in [0.15, 0.2) is 18.2 Å². The number of carbonyl (C=O) groups is 1. The van der Waals surface area contributed by atoms with Crippen LogP contribution in [-0.2, 0) is 11.3 Å². The van der Waals surface area contributed by atoms with E-state index in [9.17, 15) is 9.90 Å². The molecule has 1 aliphatic heterocycles. The molecule has 3 rings (SSSR count). The van der Waals surface area contributed by atoms with E-state index in [1.165, 1.54) is 0 Å². The van der Waals surface area contributed by atoms with Gasteiger partial charge in [0.25, 0.3) is 0 Å². The van der Waals surface area contributed by atoms with E-state index >= 15 is 0 Å². The van der Waals surface area contributed by atoms with E-state index in [-0.39, 0.29) is 17.6 Å². The van der Waals surface area contributed by atoms with Gasteiger partial charge in [-0.25, -0.2) is 0 Å². The molecular weight excluding hydrogens is 254 g/mol. The molecule has 0 unspecified atom stereocenters. The highest BCUT2D eigenvalue weighted by Crippen LogP contribution is 2.30. The Balaban J connectivity index is 2.15. The molecule has 1 aromatic carbocycles. The SMILES string of the molecule is CC(=O)c1c(C)n(C[C@H]2CCCO2)c2ccc(O)cc12. The first kappa shape index (κ1) is 13.2. The second kappa shape index (κ2) is 4.94. The molecule has 1 atom stereocenters. The van der Waals surface area contributed by atoms with Crippen molar-refractivity contribution in [3.63, 3.8) is 0 Å². The zero-order chi connectivity index (χ0) is 14.3. The van der Waals surface area contributed by atoms with E-state index in [2.05, 4.69) is 4.57 Å². The highest BCUT2D eigenvalue weighted by atomic mass is 16.5. The number of aromatic hydroxyl groups is 1. The monoisotopic (exact) mass is 273 g/mol. The van der Waals surface area contributed by atoms with Gasteiger partial charge in [-0.2, -0.15) is 0 Å². The molecule has 1 saturated heterocycles. The molecule has 1 N–H and O–H groups in total. The summed E-state index contributed by atoms with van der Waals surface area (Å²) in [7, 11) is 0. The second-order valence-corrected chi connectivity index (χ2v) is 5.46.